The van der Waals surface area contributed by atoms with E-state index in [1.807, 2.05) is 0 Å². The highest BCUT2D eigenvalue weighted by atomic mass is 19.1. The zero-order valence-electron chi connectivity index (χ0n) is 14.0. The maximum Gasteiger partial charge on any atom is 0.243 e. The minimum Gasteiger partial charge on any atom is -0.492 e. The highest BCUT2D eigenvalue weighted by Crippen LogP contribution is 2.25. The van der Waals surface area contributed by atoms with E-state index >= 15 is 0 Å². The van der Waals surface area contributed by atoms with Crippen LogP contribution in [-0.4, -0.2) is 20.1 Å². The second-order valence-electron chi connectivity index (χ2n) is 5.92. The molecule has 0 radical (unpaired) electrons. The predicted molar refractivity (Wildman–Crippen MR) is 98.1 cm³/mol. The Morgan fingerprint density at radius 1 is 0.778 bits per heavy atom. The molecule has 0 aliphatic carbocycles. The summed E-state index contributed by atoms with van der Waals surface area (Å²) < 4.78 is 26.0. The Balaban J connectivity index is 1.60. The summed E-state index contributed by atoms with van der Waals surface area (Å²) in [6.45, 7) is 0.381. The highest BCUT2D eigenvalue weighted by Gasteiger charge is 2.10. The molecule has 7 heteroatoms. The molecule has 2 aromatic carbocycles. The van der Waals surface area contributed by atoms with Crippen LogP contribution in [0.1, 0.15) is 5.56 Å². The molecule has 0 atom stereocenters. The largest absolute Gasteiger partial charge is 0.492 e. The lowest BCUT2D eigenvalue weighted by atomic mass is 10.1. The second-order valence-corrected chi connectivity index (χ2v) is 5.92. The summed E-state index contributed by atoms with van der Waals surface area (Å²) >= 11 is 0. The molecule has 2 N–H and O–H groups in total. The lowest BCUT2D eigenvalue weighted by molar-refractivity contribution is 0.458. The fraction of sp³-hybridized carbons (Fsp3) is 0.0500. The lowest BCUT2D eigenvalue weighted by Crippen LogP contribution is -2.04. The van der Waals surface area contributed by atoms with E-state index in [1.54, 1.807) is 36.4 Å². The van der Waals surface area contributed by atoms with Crippen molar-refractivity contribution < 1.29 is 13.9 Å². The number of nitrogens with one attached hydrogen (secondary N) is 1. The molecule has 2 aromatic heterocycles. The third-order valence-corrected chi connectivity index (χ3v) is 4.03. The number of aromatic hydroxyl groups is 1. The molecule has 0 unspecified atom stereocenters. The first-order chi connectivity index (χ1) is 13.1. The van der Waals surface area contributed by atoms with Crippen LogP contribution in [0.5, 0.6) is 5.88 Å². The third-order valence-electron chi connectivity index (χ3n) is 4.03. The van der Waals surface area contributed by atoms with Gasteiger partial charge in [0, 0.05) is 12.1 Å². The average molecular weight is 364 g/mol. The number of hydrogen-bond donors (Lipinski definition) is 2. The van der Waals surface area contributed by atoms with Gasteiger partial charge in [0.25, 0.3) is 0 Å². The molecule has 0 fully saturated rings. The van der Waals surface area contributed by atoms with Crippen molar-refractivity contribution in [1.29, 1.82) is 0 Å². The van der Waals surface area contributed by atoms with Crippen molar-refractivity contribution in [2.75, 3.05) is 5.32 Å². The van der Waals surface area contributed by atoms with Gasteiger partial charge in [0.2, 0.25) is 11.8 Å². The van der Waals surface area contributed by atoms with Crippen LogP contribution in [0.2, 0.25) is 0 Å². The van der Waals surface area contributed by atoms with Gasteiger partial charge in [-0.05, 0) is 54.1 Å². The number of halogens is 2. The van der Waals surface area contributed by atoms with Gasteiger partial charge in [-0.3, -0.25) is 0 Å². The first kappa shape index (κ1) is 16.8. The molecule has 4 rings (SSSR count). The van der Waals surface area contributed by atoms with E-state index in [-0.39, 0.29) is 29.0 Å². The molecule has 134 valence electrons. The first-order valence-electron chi connectivity index (χ1n) is 8.20. The maximum absolute atomic E-state index is 13.1. The van der Waals surface area contributed by atoms with Crippen molar-refractivity contribution in [3.63, 3.8) is 0 Å². The Hall–Kier alpha value is -3.61. The molecule has 4 aromatic rings. The second kappa shape index (κ2) is 6.95. The Morgan fingerprint density at radius 2 is 1.44 bits per heavy atom. The van der Waals surface area contributed by atoms with Gasteiger partial charge in [-0.25, -0.2) is 18.7 Å². The number of nitrogens with zero attached hydrogens (tertiary/aromatic N) is 3. The molecular formula is C20H14F2N4O. The van der Waals surface area contributed by atoms with E-state index in [2.05, 4.69) is 20.3 Å². The van der Waals surface area contributed by atoms with Gasteiger partial charge in [0.1, 0.15) is 11.6 Å². The first-order valence-corrected chi connectivity index (χ1v) is 8.20. The van der Waals surface area contributed by atoms with Crippen molar-refractivity contribution in [1.82, 2.24) is 15.0 Å². The molecule has 0 bridgehead atoms. The van der Waals surface area contributed by atoms with Crippen LogP contribution in [0.15, 0.2) is 60.7 Å². The van der Waals surface area contributed by atoms with Crippen molar-refractivity contribution in [2.45, 2.75) is 6.54 Å². The Bertz CT molecular complexity index is 1100. The molecule has 0 amide bonds. The van der Waals surface area contributed by atoms with Crippen LogP contribution >= 0.6 is 0 Å². The molecule has 2 heterocycles. The fourth-order valence-corrected chi connectivity index (χ4v) is 2.64. The molecule has 0 saturated heterocycles. The summed E-state index contributed by atoms with van der Waals surface area (Å²) in [4.78, 5) is 12.7. The van der Waals surface area contributed by atoms with Gasteiger partial charge < -0.3 is 10.4 Å². The van der Waals surface area contributed by atoms with Crippen molar-refractivity contribution in [2.24, 2.45) is 0 Å². The highest BCUT2D eigenvalue weighted by molar-refractivity contribution is 5.82. The predicted octanol–water partition coefficient (Wildman–Crippen LogP) is 4.29. The number of anilines is 1. The smallest absolute Gasteiger partial charge is 0.243 e. The van der Waals surface area contributed by atoms with E-state index in [4.69, 9.17) is 0 Å². The monoisotopic (exact) mass is 364 g/mol. The number of hydrogen-bond acceptors (Lipinski definition) is 5. The van der Waals surface area contributed by atoms with Gasteiger partial charge in [0.15, 0.2) is 5.52 Å². The summed E-state index contributed by atoms with van der Waals surface area (Å²) in [6, 6.07) is 15.4. The number of aromatic nitrogens is 3. The molecule has 0 spiro atoms. The zero-order valence-corrected chi connectivity index (χ0v) is 14.0. The van der Waals surface area contributed by atoms with Crippen LogP contribution in [0.3, 0.4) is 0 Å². The van der Waals surface area contributed by atoms with E-state index in [9.17, 15) is 13.9 Å². The summed E-state index contributed by atoms with van der Waals surface area (Å²) in [5, 5.41) is 13.2. The molecule has 0 aliphatic heterocycles. The van der Waals surface area contributed by atoms with Crippen LogP contribution in [0.4, 0.5) is 14.7 Å². The Kier molecular flexibility index (Phi) is 4.33. The molecule has 5 nitrogen and oxygen atoms in total. The third kappa shape index (κ3) is 3.67. The van der Waals surface area contributed by atoms with E-state index < -0.39 is 0 Å². The minimum atomic E-state index is -0.331. The van der Waals surface area contributed by atoms with Crippen LogP contribution < -0.4 is 5.32 Å². The summed E-state index contributed by atoms with van der Waals surface area (Å²) in [7, 11) is 0. The summed E-state index contributed by atoms with van der Waals surface area (Å²) in [5.74, 6) is -0.657. The summed E-state index contributed by atoms with van der Waals surface area (Å²) in [6.07, 6.45) is 0. The van der Waals surface area contributed by atoms with E-state index in [0.29, 0.717) is 17.8 Å². The minimum absolute atomic E-state index is 0.237. The van der Waals surface area contributed by atoms with Gasteiger partial charge >= 0.3 is 0 Å². The van der Waals surface area contributed by atoms with Gasteiger partial charge in [0.05, 0.1) is 11.2 Å². The van der Waals surface area contributed by atoms with Crippen LogP contribution in [0, 0.1) is 11.6 Å². The SMILES string of the molecule is Oc1nc(NCc2ccc(F)cc2)nc2ccc(-c3ccc(F)cc3)nc12. The number of rotatable bonds is 4. The van der Waals surface area contributed by atoms with Crippen molar-refractivity contribution in [3.05, 3.63) is 77.9 Å². The molecule has 0 saturated carbocycles. The molecular weight excluding hydrogens is 350 g/mol. The molecule has 27 heavy (non-hydrogen) atoms. The van der Waals surface area contributed by atoms with Gasteiger partial charge in [-0.2, -0.15) is 4.98 Å². The Labute approximate surface area is 153 Å². The quantitative estimate of drug-likeness (QED) is 0.565. The zero-order chi connectivity index (χ0) is 18.8. The van der Waals surface area contributed by atoms with Crippen molar-refractivity contribution >= 4 is 17.0 Å². The van der Waals surface area contributed by atoms with Gasteiger partial charge in [-0.1, -0.05) is 12.1 Å². The topological polar surface area (TPSA) is 70.9 Å². The normalized spacial score (nSPS) is 10.9. The molecule has 0 aliphatic rings. The number of fused-ring (bicyclic) bond motifs is 1. The Morgan fingerprint density at radius 3 is 2.15 bits per heavy atom. The van der Waals surface area contributed by atoms with Crippen molar-refractivity contribution in [3.8, 4) is 17.1 Å². The van der Waals surface area contributed by atoms with Crippen LogP contribution in [-0.2, 0) is 6.54 Å². The van der Waals surface area contributed by atoms with Crippen LogP contribution in [0.25, 0.3) is 22.3 Å². The fourth-order valence-electron chi connectivity index (χ4n) is 2.64. The van der Waals surface area contributed by atoms with Gasteiger partial charge in [-0.15, -0.1) is 0 Å². The summed E-state index contributed by atoms with van der Waals surface area (Å²) in [5.41, 5.74) is 2.87. The maximum atomic E-state index is 13.1. The number of benzene rings is 2. The average Bonchev–Trinajstić information content (AvgIpc) is 2.68. The number of pyridine rings is 1. The standard InChI is InChI=1S/C20H14F2N4O/c21-14-5-1-12(2-6-14)11-23-20-25-17-10-9-16(24-18(17)19(27)26-20)13-3-7-15(22)8-4-13/h1-10H,11H2,(H2,23,25,26,27). The van der Waals surface area contributed by atoms with E-state index in [0.717, 1.165) is 11.1 Å². The lowest BCUT2D eigenvalue weighted by Gasteiger charge is -2.08. The van der Waals surface area contributed by atoms with E-state index in [1.165, 1.54) is 24.3 Å².